The molecule has 1 aliphatic carbocycles. The lowest BCUT2D eigenvalue weighted by Crippen LogP contribution is -2.16. The number of carboxylic acid groups (broad SMARTS) is 1. The van der Waals surface area contributed by atoms with Crippen LogP contribution in [0, 0.1) is 0 Å². The second-order valence-corrected chi connectivity index (χ2v) is 8.48. The molecule has 0 aliphatic heterocycles. The van der Waals surface area contributed by atoms with Gasteiger partial charge in [-0.2, -0.15) is 0 Å². The molecule has 1 aliphatic rings. The Balaban J connectivity index is 1.83. The van der Waals surface area contributed by atoms with Crippen LogP contribution in [0.2, 0.25) is 0 Å². The molecule has 4 rings (SSSR count). The van der Waals surface area contributed by atoms with Gasteiger partial charge in [0.15, 0.2) is 0 Å². The van der Waals surface area contributed by atoms with E-state index in [9.17, 15) is 27.9 Å². The lowest BCUT2D eigenvalue weighted by molar-refractivity contribution is -0.274. The summed E-state index contributed by atoms with van der Waals surface area (Å²) in [6.07, 6.45) is -3.05. The number of methoxy groups -OCH3 is 1. The van der Waals surface area contributed by atoms with Crippen LogP contribution in [0.4, 0.5) is 13.2 Å². The number of thiophene rings is 1. The van der Waals surface area contributed by atoms with Crippen LogP contribution in [0.3, 0.4) is 0 Å². The maximum atomic E-state index is 12.7. The van der Waals surface area contributed by atoms with Gasteiger partial charge in [-0.05, 0) is 42.2 Å². The van der Waals surface area contributed by atoms with Crippen molar-refractivity contribution in [3.8, 4) is 16.9 Å². The van der Waals surface area contributed by atoms with E-state index in [4.69, 9.17) is 4.74 Å². The summed E-state index contributed by atoms with van der Waals surface area (Å²) in [7, 11) is 1.33. The normalized spacial score (nSPS) is 15.0. The van der Waals surface area contributed by atoms with E-state index in [0.29, 0.717) is 21.2 Å². The molecule has 1 aromatic heterocycles. The maximum Gasteiger partial charge on any atom is 0.573 e. The second kappa shape index (κ2) is 7.56. The first kappa shape index (κ1) is 21.2. The number of fused-ring (bicyclic) bond motifs is 1. The molecule has 9 heteroatoms. The minimum atomic E-state index is -4.86. The number of alkyl halides is 3. The van der Waals surface area contributed by atoms with Gasteiger partial charge in [-0.15, -0.1) is 24.5 Å². The molecule has 1 N–H and O–H groups in total. The summed E-state index contributed by atoms with van der Waals surface area (Å²) < 4.78 is 47.4. The van der Waals surface area contributed by atoms with E-state index in [1.165, 1.54) is 19.2 Å². The Morgan fingerprint density at radius 1 is 1.16 bits per heavy atom. The van der Waals surface area contributed by atoms with Gasteiger partial charge in [-0.3, -0.25) is 4.79 Å². The average Bonchev–Trinajstić information content (AvgIpc) is 3.38. The Bertz CT molecular complexity index is 1180. The molecule has 0 amide bonds. The number of ether oxygens (including phenoxy) is 2. The summed E-state index contributed by atoms with van der Waals surface area (Å²) in [6.45, 7) is 0. The molecular weight excluding hydrogens is 433 g/mol. The van der Waals surface area contributed by atoms with Gasteiger partial charge in [0.2, 0.25) is 0 Å². The highest BCUT2D eigenvalue weighted by Crippen LogP contribution is 2.52. The molecule has 1 fully saturated rings. The van der Waals surface area contributed by atoms with Crippen LogP contribution in [-0.2, 0) is 14.9 Å². The third-order valence-electron chi connectivity index (χ3n) is 5.41. The van der Waals surface area contributed by atoms with Crippen LogP contribution in [0.1, 0.15) is 34.5 Å². The number of carboxylic acids is 1. The number of esters is 1. The van der Waals surface area contributed by atoms with Gasteiger partial charge < -0.3 is 14.6 Å². The number of hydrogen-bond donors (Lipinski definition) is 1. The van der Waals surface area contributed by atoms with Gasteiger partial charge in [-0.25, -0.2) is 4.79 Å². The van der Waals surface area contributed by atoms with Crippen molar-refractivity contribution in [1.82, 2.24) is 0 Å². The zero-order chi connectivity index (χ0) is 22.4. The molecular formula is C22H17F3O5S. The first-order valence-corrected chi connectivity index (χ1v) is 10.2. The van der Waals surface area contributed by atoms with Gasteiger partial charge in [0, 0.05) is 21.1 Å². The van der Waals surface area contributed by atoms with E-state index in [1.54, 1.807) is 18.2 Å². The minimum Gasteiger partial charge on any atom is -0.477 e. The highest BCUT2D eigenvalue weighted by Gasteiger charge is 2.46. The monoisotopic (exact) mass is 450 g/mol. The number of benzene rings is 2. The van der Waals surface area contributed by atoms with E-state index >= 15 is 0 Å². The Kier molecular flexibility index (Phi) is 5.17. The van der Waals surface area contributed by atoms with Crippen molar-refractivity contribution < 1.29 is 37.3 Å². The quantitative estimate of drug-likeness (QED) is 0.484. The van der Waals surface area contributed by atoms with Crippen molar-refractivity contribution in [3.63, 3.8) is 0 Å². The lowest BCUT2D eigenvalue weighted by atomic mass is 9.89. The molecule has 0 saturated heterocycles. The Labute approximate surface area is 179 Å². The number of carbonyl (C=O) groups is 2. The third-order valence-corrected chi connectivity index (χ3v) is 6.57. The maximum absolute atomic E-state index is 12.7. The first-order chi connectivity index (χ1) is 14.6. The van der Waals surface area contributed by atoms with Gasteiger partial charge >= 0.3 is 18.3 Å². The Morgan fingerprint density at radius 3 is 2.52 bits per heavy atom. The van der Waals surface area contributed by atoms with Gasteiger partial charge in [-0.1, -0.05) is 24.3 Å². The number of carbonyl (C=O) groups excluding carboxylic acids is 1. The number of rotatable bonds is 6. The minimum absolute atomic E-state index is 0.0223. The van der Waals surface area contributed by atoms with E-state index in [-0.39, 0.29) is 22.7 Å². The van der Waals surface area contributed by atoms with Crippen LogP contribution in [0.25, 0.3) is 21.2 Å². The van der Waals surface area contributed by atoms with Crippen molar-refractivity contribution in [2.75, 3.05) is 7.11 Å². The second-order valence-electron chi connectivity index (χ2n) is 7.43. The van der Waals surface area contributed by atoms with Gasteiger partial charge in [0.25, 0.3) is 0 Å². The predicted octanol–water partition coefficient (Wildman–Crippen LogP) is 5.76. The summed E-state index contributed by atoms with van der Waals surface area (Å²) in [6, 6.07) is 10.9. The van der Waals surface area contributed by atoms with Crippen LogP contribution in [0.5, 0.6) is 5.75 Å². The molecule has 0 bridgehead atoms. The molecule has 3 aromatic rings. The Hall–Kier alpha value is -3.07. The fraction of sp³-hybridized carbons (Fsp3) is 0.273. The molecule has 2 aromatic carbocycles. The molecule has 0 spiro atoms. The SMILES string of the molecule is COC(=O)CC1(c2cccc(-c3c(C(=O)O)sc4ccc(OC(F)(F)F)cc34)c2)CC1. The van der Waals surface area contributed by atoms with E-state index in [1.807, 2.05) is 6.07 Å². The molecule has 162 valence electrons. The van der Waals surface area contributed by atoms with E-state index < -0.39 is 18.1 Å². The smallest absolute Gasteiger partial charge is 0.477 e. The molecule has 0 atom stereocenters. The average molecular weight is 450 g/mol. The highest BCUT2D eigenvalue weighted by molar-refractivity contribution is 7.21. The summed E-state index contributed by atoms with van der Waals surface area (Å²) in [5, 5.41) is 10.1. The van der Waals surface area contributed by atoms with Crippen molar-refractivity contribution >= 4 is 33.4 Å². The van der Waals surface area contributed by atoms with Crippen LogP contribution >= 0.6 is 11.3 Å². The number of hydrogen-bond acceptors (Lipinski definition) is 5. The fourth-order valence-electron chi connectivity index (χ4n) is 3.78. The lowest BCUT2D eigenvalue weighted by Gasteiger charge is -2.16. The topological polar surface area (TPSA) is 72.8 Å². The molecule has 31 heavy (non-hydrogen) atoms. The Morgan fingerprint density at radius 2 is 1.90 bits per heavy atom. The summed E-state index contributed by atoms with van der Waals surface area (Å²) in [5.74, 6) is -1.92. The fourth-order valence-corrected chi connectivity index (χ4v) is 4.83. The third kappa shape index (κ3) is 4.23. The highest BCUT2D eigenvalue weighted by atomic mass is 32.1. The van der Waals surface area contributed by atoms with Crippen LogP contribution in [-0.4, -0.2) is 30.5 Å². The largest absolute Gasteiger partial charge is 0.573 e. The summed E-state index contributed by atoms with van der Waals surface area (Å²) in [4.78, 5) is 23.7. The van der Waals surface area contributed by atoms with Crippen molar-refractivity contribution in [1.29, 1.82) is 0 Å². The number of aromatic carboxylic acids is 1. The molecule has 1 saturated carbocycles. The zero-order valence-corrected chi connectivity index (χ0v) is 17.1. The molecule has 0 radical (unpaired) electrons. The van der Waals surface area contributed by atoms with Crippen molar-refractivity contribution in [3.05, 3.63) is 52.9 Å². The summed E-state index contributed by atoms with van der Waals surface area (Å²) in [5.41, 5.74) is 1.40. The van der Waals surface area contributed by atoms with Crippen molar-refractivity contribution in [2.24, 2.45) is 0 Å². The summed E-state index contributed by atoms with van der Waals surface area (Å²) >= 11 is 0.986. The standard InChI is InChI=1S/C22H17F3O5S/c1-29-17(26)11-21(7-8-21)13-4-2-3-12(9-13)18-15-10-14(30-22(23,24)25)5-6-16(15)31-19(18)20(27)28/h2-6,9-10H,7-8,11H2,1H3,(H,27,28). The van der Waals surface area contributed by atoms with Crippen LogP contribution < -0.4 is 4.74 Å². The van der Waals surface area contributed by atoms with Crippen molar-refractivity contribution in [2.45, 2.75) is 31.0 Å². The predicted molar refractivity (Wildman–Crippen MR) is 108 cm³/mol. The molecule has 0 unspecified atom stereocenters. The van der Waals surface area contributed by atoms with Crippen LogP contribution in [0.15, 0.2) is 42.5 Å². The zero-order valence-electron chi connectivity index (χ0n) is 16.3. The van der Waals surface area contributed by atoms with Gasteiger partial charge in [0.05, 0.1) is 13.5 Å². The first-order valence-electron chi connectivity index (χ1n) is 9.35. The van der Waals surface area contributed by atoms with E-state index in [2.05, 4.69) is 4.74 Å². The van der Waals surface area contributed by atoms with E-state index in [0.717, 1.165) is 35.8 Å². The molecule has 1 heterocycles. The number of halogens is 3. The van der Waals surface area contributed by atoms with Gasteiger partial charge in [0.1, 0.15) is 10.6 Å². The molecule has 5 nitrogen and oxygen atoms in total.